The molecule has 0 heterocycles. The molecule has 2 aromatic carbocycles. The van der Waals surface area contributed by atoms with Gasteiger partial charge in [0.15, 0.2) is 23.0 Å². The summed E-state index contributed by atoms with van der Waals surface area (Å²) in [4.78, 5) is 0. The third-order valence-corrected chi connectivity index (χ3v) is 4.57. The van der Waals surface area contributed by atoms with Crippen molar-refractivity contribution in [1.29, 1.82) is 0 Å². The number of aryl methyl sites for hydroxylation is 2. The molecule has 0 saturated carbocycles. The van der Waals surface area contributed by atoms with Crippen LogP contribution in [-0.4, -0.2) is 41.7 Å². The fourth-order valence-corrected chi connectivity index (χ4v) is 2.92. The molecule has 0 aliphatic rings. The van der Waals surface area contributed by atoms with Gasteiger partial charge < -0.3 is 23.7 Å². The molecule has 0 spiro atoms. The Labute approximate surface area is 185 Å². The lowest BCUT2D eigenvalue weighted by Gasteiger charge is -2.08. The van der Waals surface area contributed by atoms with Gasteiger partial charge in [0.25, 0.3) is 0 Å². The van der Waals surface area contributed by atoms with Crippen molar-refractivity contribution in [3.8, 4) is 46.7 Å². The SMILES string of the molecule is COc1ccc(CCC#CCOCC#CCCc2ccc(OC)c(OC)c2)cc1OC. The van der Waals surface area contributed by atoms with E-state index in [-0.39, 0.29) is 0 Å². The van der Waals surface area contributed by atoms with Gasteiger partial charge in [-0.15, -0.1) is 11.8 Å². The fourth-order valence-electron chi connectivity index (χ4n) is 2.92. The summed E-state index contributed by atoms with van der Waals surface area (Å²) in [5.41, 5.74) is 2.32. The van der Waals surface area contributed by atoms with E-state index in [4.69, 9.17) is 23.7 Å². The molecule has 31 heavy (non-hydrogen) atoms. The van der Waals surface area contributed by atoms with Gasteiger partial charge in [-0.2, -0.15) is 0 Å². The Morgan fingerprint density at radius 1 is 0.548 bits per heavy atom. The molecule has 2 rings (SSSR count). The topological polar surface area (TPSA) is 46.2 Å². The van der Waals surface area contributed by atoms with Crippen LogP contribution in [0, 0.1) is 23.7 Å². The van der Waals surface area contributed by atoms with Crippen molar-refractivity contribution in [2.75, 3.05) is 41.7 Å². The zero-order valence-corrected chi connectivity index (χ0v) is 18.7. The molecule has 2 aromatic rings. The van der Waals surface area contributed by atoms with E-state index in [1.165, 1.54) is 0 Å². The summed E-state index contributed by atoms with van der Waals surface area (Å²) in [6.45, 7) is 0.770. The smallest absolute Gasteiger partial charge is 0.160 e. The molecule has 0 atom stereocenters. The van der Waals surface area contributed by atoms with E-state index in [9.17, 15) is 0 Å². The van der Waals surface area contributed by atoms with Gasteiger partial charge in [-0.1, -0.05) is 24.0 Å². The summed E-state index contributed by atoms with van der Waals surface area (Å²) in [6, 6.07) is 11.8. The van der Waals surface area contributed by atoms with Crippen LogP contribution in [0.15, 0.2) is 36.4 Å². The van der Waals surface area contributed by atoms with Crippen LogP contribution >= 0.6 is 0 Å². The molecule has 0 amide bonds. The molecule has 5 heteroatoms. The summed E-state index contributed by atoms with van der Waals surface area (Å²) < 4.78 is 26.6. The summed E-state index contributed by atoms with van der Waals surface area (Å²) in [7, 11) is 6.53. The lowest BCUT2D eigenvalue weighted by Crippen LogP contribution is -1.93. The standard InChI is InChI=1S/C26H30O5/c1-27-23-15-13-21(19-25(23)29-3)11-7-5-9-17-31-18-10-6-8-12-22-14-16-24(28-2)26(20-22)30-4/h13-16,19-20H,7-8,11-12,17-18H2,1-4H3. The molecular weight excluding hydrogens is 392 g/mol. The minimum Gasteiger partial charge on any atom is -0.493 e. The molecule has 0 saturated heterocycles. The van der Waals surface area contributed by atoms with Gasteiger partial charge in [0.1, 0.15) is 13.2 Å². The molecule has 0 aliphatic heterocycles. The lowest BCUT2D eigenvalue weighted by atomic mass is 10.1. The second-order valence-corrected chi connectivity index (χ2v) is 6.58. The van der Waals surface area contributed by atoms with Crippen molar-refractivity contribution in [2.45, 2.75) is 25.7 Å². The number of methoxy groups -OCH3 is 4. The van der Waals surface area contributed by atoms with E-state index in [1.807, 2.05) is 36.4 Å². The normalized spacial score (nSPS) is 9.68. The summed E-state index contributed by atoms with van der Waals surface area (Å²) in [6.07, 6.45) is 3.22. The van der Waals surface area contributed by atoms with Crippen LogP contribution < -0.4 is 18.9 Å². The first-order valence-electron chi connectivity index (χ1n) is 10.1. The summed E-state index contributed by atoms with van der Waals surface area (Å²) in [5, 5.41) is 0. The predicted octanol–water partition coefficient (Wildman–Crippen LogP) is 4.31. The molecule has 0 N–H and O–H groups in total. The molecule has 0 unspecified atom stereocenters. The van der Waals surface area contributed by atoms with Crippen LogP contribution in [0.3, 0.4) is 0 Å². The second-order valence-electron chi connectivity index (χ2n) is 6.58. The van der Waals surface area contributed by atoms with Gasteiger partial charge in [-0.25, -0.2) is 0 Å². The maximum absolute atomic E-state index is 5.45. The second kappa shape index (κ2) is 13.9. The van der Waals surface area contributed by atoms with Crippen LogP contribution in [-0.2, 0) is 17.6 Å². The monoisotopic (exact) mass is 422 g/mol. The molecule has 0 bridgehead atoms. The van der Waals surface area contributed by atoms with E-state index in [0.29, 0.717) is 13.2 Å². The summed E-state index contributed by atoms with van der Waals surface area (Å²) in [5.74, 6) is 15.2. The van der Waals surface area contributed by atoms with Gasteiger partial charge in [-0.05, 0) is 48.2 Å². The van der Waals surface area contributed by atoms with Crippen molar-refractivity contribution in [3.63, 3.8) is 0 Å². The number of hydrogen-bond donors (Lipinski definition) is 0. The maximum atomic E-state index is 5.45. The highest BCUT2D eigenvalue weighted by atomic mass is 16.5. The minimum atomic E-state index is 0.385. The van der Waals surface area contributed by atoms with Gasteiger partial charge in [0.2, 0.25) is 0 Å². The first-order chi connectivity index (χ1) is 15.2. The maximum Gasteiger partial charge on any atom is 0.160 e. The number of hydrogen-bond acceptors (Lipinski definition) is 5. The minimum absolute atomic E-state index is 0.385. The molecule has 0 radical (unpaired) electrons. The Bertz CT molecular complexity index is 866. The van der Waals surface area contributed by atoms with Crippen LogP contribution in [0.5, 0.6) is 23.0 Å². The molecule has 164 valence electrons. The van der Waals surface area contributed by atoms with Gasteiger partial charge in [0, 0.05) is 12.8 Å². The Morgan fingerprint density at radius 2 is 0.968 bits per heavy atom. The number of ether oxygens (including phenoxy) is 5. The Morgan fingerprint density at radius 3 is 1.35 bits per heavy atom. The highest BCUT2D eigenvalue weighted by Gasteiger charge is 2.04. The van der Waals surface area contributed by atoms with Crippen molar-refractivity contribution in [1.82, 2.24) is 0 Å². The molecular formula is C26H30O5. The van der Waals surface area contributed by atoms with Crippen LogP contribution in [0.25, 0.3) is 0 Å². The zero-order chi connectivity index (χ0) is 22.3. The van der Waals surface area contributed by atoms with Gasteiger partial charge >= 0.3 is 0 Å². The molecule has 0 aromatic heterocycles. The van der Waals surface area contributed by atoms with E-state index in [1.54, 1.807) is 28.4 Å². The van der Waals surface area contributed by atoms with E-state index >= 15 is 0 Å². The van der Waals surface area contributed by atoms with E-state index in [2.05, 4.69) is 23.7 Å². The highest BCUT2D eigenvalue weighted by Crippen LogP contribution is 2.28. The van der Waals surface area contributed by atoms with E-state index < -0.39 is 0 Å². The van der Waals surface area contributed by atoms with Crippen LogP contribution in [0.4, 0.5) is 0 Å². The molecule has 0 fully saturated rings. The highest BCUT2D eigenvalue weighted by molar-refractivity contribution is 5.43. The Hall–Kier alpha value is -3.28. The molecule has 5 nitrogen and oxygen atoms in total. The number of rotatable bonds is 10. The van der Waals surface area contributed by atoms with Crippen molar-refractivity contribution in [2.24, 2.45) is 0 Å². The number of benzene rings is 2. The largest absolute Gasteiger partial charge is 0.493 e. The van der Waals surface area contributed by atoms with Gasteiger partial charge in [0.05, 0.1) is 28.4 Å². The van der Waals surface area contributed by atoms with Crippen molar-refractivity contribution >= 4 is 0 Å². The third-order valence-electron chi connectivity index (χ3n) is 4.57. The predicted molar refractivity (Wildman–Crippen MR) is 122 cm³/mol. The average molecular weight is 423 g/mol. The summed E-state index contributed by atoms with van der Waals surface area (Å²) >= 11 is 0. The van der Waals surface area contributed by atoms with E-state index in [0.717, 1.165) is 59.8 Å². The van der Waals surface area contributed by atoms with Crippen LogP contribution in [0.2, 0.25) is 0 Å². The molecule has 0 aliphatic carbocycles. The average Bonchev–Trinajstić information content (AvgIpc) is 2.82. The third kappa shape index (κ3) is 8.16. The van der Waals surface area contributed by atoms with Crippen molar-refractivity contribution in [3.05, 3.63) is 47.5 Å². The first kappa shape index (κ1) is 24.0. The first-order valence-corrected chi connectivity index (χ1v) is 10.1. The quantitative estimate of drug-likeness (QED) is 0.422. The lowest BCUT2D eigenvalue weighted by molar-refractivity contribution is 0.204. The fraction of sp³-hybridized carbons (Fsp3) is 0.385. The Kier molecular flexibility index (Phi) is 10.7. The van der Waals surface area contributed by atoms with Gasteiger partial charge in [-0.3, -0.25) is 0 Å². The van der Waals surface area contributed by atoms with Crippen LogP contribution in [0.1, 0.15) is 24.0 Å². The van der Waals surface area contributed by atoms with Crippen molar-refractivity contribution < 1.29 is 23.7 Å². The zero-order valence-electron chi connectivity index (χ0n) is 18.7. The Balaban J connectivity index is 1.62.